The highest BCUT2D eigenvalue weighted by Gasteiger charge is 2.38. The molecule has 0 saturated carbocycles. The fourth-order valence-corrected chi connectivity index (χ4v) is 4.92. The molecule has 2 aliphatic rings. The number of halogens is 2. The smallest absolute Gasteiger partial charge is 0.278 e. The number of hydrogen-bond donors (Lipinski definition) is 1. The van der Waals surface area contributed by atoms with Crippen molar-refractivity contribution in [2.24, 2.45) is 0 Å². The number of amides is 1. The number of rotatable bonds is 1. The molecule has 1 amide bonds. The lowest BCUT2D eigenvalue weighted by atomic mass is 10.0. The summed E-state index contributed by atoms with van der Waals surface area (Å²) in [6.45, 7) is 1.97. The van der Waals surface area contributed by atoms with Gasteiger partial charge >= 0.3 is 0 Å². The number of benzene rings is 1. The van der Waals surface area contributed by atoms with Gasteiger partial charge in [-0.25, -0.2) is 9.37 Å². The van der Waals surface area contributed by atoms with Crippen molar-refractivity contribution in [3.63, 3.8) is 0 Å². The van der Waals surface area contributed by atoms with Crippen LogP contribution in [0.25, 0.3) is 0 Å². The van der Waals surface area contributed by atoms with Gasteiger partial charge in [-0.05, 0) is 25.1 Å². The number of aromatic hydroxyl groups is 1. The van der Waals surface area contributed by atoms with Crippen LogP contribution in [0.1, 0.15) is 32.0 Å². The molecule has 2 aromatic heterocycles. The number of aryl methyl sites for hydroxylation is 1. The molecule has 0 radical (unpaired) electrons. The number of pyridine rings is 1. The number of carbonyl (C=O) groups is 1. The second kappa shape index (κ2) is 8.00. The molecule has 0 aliphatic carbocycles. The van der Waals surface area contributed by atoms with E-state index in [-0.39, 0.29) is 31.3 Å². The fraction of sp³-hybridized carbons (Fsp3) is 0.227. The average molecular weight is 472 g/mol. The summed E-state index contributed by atoms with van der Waals surface area (Å²) in [6, 6.07) is 2.82. The molecule has 5 rings (SSSR count). The topological polar surface area (TPSA) is 87.9 Å². The molecule has 0 unspecified atom stereocenters. The van der Waals surface area contributed by atoms with E-state index >= 15 is 0 Å². The van der Waals surface area contributed by atoms with Crippen LogP contribution in [0.3, 0.4) is 0 Å². The van der Waals surface area contributed by atoms with Crippen LogP contribution in [-0.2, 0) is 0 Å². The predicted octanol–water partition coefficient (Wildman–Crippen LogP) is 2.69. The van der Waals surface area contributed by atoms with Crippen LogP contribution in [0.5, 0.6) is 11.5 Å². The van der Waals surface area contributed by atoms with Crippen LogP contribution in [0, 0.1) is 18.6 Å². The van der Waals surface area contributed by atoms with Crippen molar-refractivity contribution in [1.82, 2.24) is 14.6 Å². The van der Waals surface area contributed by atoms with Gasteiger partial charge in [-0.2, -0.15) is 4.39 Å². The predicted molar refractivity (Wildman–Crippen MR) is 116 cm³/mol. The Kier molecular flexibility index (Phi) is 5.12. The first-order valence-electron chi connectivity index (χ1n) is 10.1. The Morgan fingerprint density at radius 1 is 1.21 bits per heavy atom. The highest BCUT2D eigenvalue weighted by molar-refractivity contribution is 7.11. The number of nitrogens with zero attached hydrogens (tertiary/aromatic N) is 4. The fourth-order valence-electron chi connectivity index (χ4n) is 4.01. The lowest BCUT2D eigenvalue weighted by Crippen LogP contribution is -2.55. The van der Waals surface area contributed by atoms with Crippen molar-refractivity contribution in [1.29, 1.82) is 0 Å². The van der Waals surface area contributed by atoms with Crippen molar-refractivity contribution in [3.8, 4) is 11.5 Å². The zero-order chi connectivity index (χ0) is 23.3. The van der Waals surface area contributed by atoms with Crippen molar-refractivity contribution in [2.45, 2.75) is 13.0 Å². The largest absolute Gasteiger partial charge is 0.502 e. The number of thiazole rings is 1. The van der Waals surface area contributed by atoms with Gasteiger partial charge in [0.25, 0.3) is 5.91 Å². The SMILES string of the molecule is Cc1ncc([C@H]2c3ccc(F)c(F)c3OC/C=C\CN3CN2n2ccc(=O)c(O)c2C3=O)s1. The summed E-state index contributed by atoms with van der Waals surface area (Å²) >= 11 is 1.35. The maximum atomic E-state index is 14.9. The van der Waals surface area contributed by atoms with E-state index < -0.39 is 34.8 Å². The quantitative estimate of drug-likeness (QED) is 0.548. The molecule has 1 atom stereocenters. The van der Waals surface area contributed by atoms with E-state index in [1.807, 2.05) is 6.92 Å². The Labute approximate surface area is 190 Å². The van der Waals surface area contributed by atoms with Gasteiger partial charge in [0.15, 0.2) is 23.0 Å². The molecule has 170 valence electrons. The summed E-state index contributed by atoms with van der Waals surface area (Å²) in [5.74, 6) is -3.65. The summed E-state index contributed by atoms with van der Waals surface area (Å²) in [7, 11) is 0. The Balaban J connectivity index is 1.82. The lowest BCUT2D eigenvalue weighted by Gasteiger charge is -2.43. The summed E-state index contributed by atoms with van der Waals surface area (Å²) < 4.78 is 36.1. The third kappa shape index (κ3) is 3.44. The van der Waals surface area contributed by atoms with Gasteiger partial charge in [-0.15, -0.1) is 11.3 Å². The van der Waals surface area contributed by atoms with E-state index in [1.165, 1.54) is 33.2 Å². The molecule has 33 heavy (non-hydrogen) atoms. The van der Waals surface area contributed by atoms with Gasteiger partial charge in [0.05, 0.1) is 9.88 Å². The number of ether oxygens (including phenoxy) is 1. The maximum Gasteiger partial charge on any atom is 0.278 e. The first-order valence-corrected chi connectivity index (χ1v) is 10.9. The minimum atomic E-state index is -1.13. The zero-order valence-electron chi connectivity index (χ0n) is 17.4. The van der Waals surface area contributed by atoms with Gasteiger partial charge < -0.3 is 14.7 Å². The van der Waals surface area contributed by atoms with E-state index in [2.05, 4.69) is 4.98 Å². The summed E-state index contributed by atoms with van der Waals surface area (Å²) in [5, 5.41) is 12.9. The minimum Gasteiger partial charge on any atom is -0.502 e. The van der Waals surface area contributed by atoms with Crippen LogP contribution in [-0.4, -0.2) is 45.4 Å². The highest BCUT2D eigenvalue weighted by Crippen LogP contribution is 2.40. The lowest BCUT2D eigenvalue weighted by molar-refractivity contribution is 0.0701. The molecule has 2 bridgehead atoms. The molecule has 11 heteroatoms. The molecule has 2 aliphatic heterocycles. The molecule has 1 aromatic carbocycles. The van der Waals surface area contributed by atoms with E-state index in [0.717, 1.165) is 17.1 Å². The molecule has 8 nitrogen and oxygen atoms in total. The van der Waals surface area contributed by atoms with E-state index in [1.54, 1.807) is 23.4 Å². The third-order valence-electron chi connectivity index (χ3n) is 5.53. The molecular weight excluding hydrogens is 454 g/mol. The van der Waals surface area contributed by atoms with Gasteiger partial charge in [0.2, 0.25) is 11.2 Å². The molecular formula is C22H18F2N4O4S. The maximum absolute atomic E-state index is 14.9. The van der Waals surface area contributed by atoms with Gasteiger partial charge in [-0.1, -0.05) is 6.08 Å². The Bertz CT molecular complexity index is 1350. The normalized spacial score (nSPS) is 18.8. The monoisotopic (exact) mass is 472 g/mol. The van der Waals surface area contributed by atoms with Gasteiger partial charge in [0, 0.05) is 30.6 Å². The van der Waals surface area contributed by atoms with Crippen LogP contribution in [0.15, 0.2) is 47.5 Å². The number of fused-ring (bicyclic) bond motifs is 5. The number of hydrogen-bond acceptors (Lipinski definition) is 7. The second-order valence-corrected chi connectivity index (χ2v) is 8.84. The standard InChI is InChI=1S/C22H18F2N4O4S/c1-12-25-10-16(33-12)18-13-4-5-14(23)17(24)21(13)32-9-3-2-7-26-11-28(18)27-8-6-15(29)20(30)19(27)22(26)31/h2-6,8,10,18,30H,7,9,11H2,1H3/b3-2-/t18-/m1/s1. The van der Waals surface area contributed by atoms with Crippen LogP contribution in [0.2, 0.25) is 0 Å². The number of carbonyl (C=O) groups excluding carboxylic acids is 1. The van der Waals surface area contributed by atoms with Crippen LogP contribution < -0.4 is 15.2 Å². The van der Waals surface area contributed by atoms with Gasteiger partial charge in [0.1, 0.15) is 19.3 Å². The molecule has 0 fully saturated rings. The summed E-state index contributed by atoms with van der Waals surface area (Å²) in [6.07, 6.45) is 6.24. The first kappa shape index (κ1) is 21.1. The average Bonchev–Trinajstić information content (AvgIpc) is 3.20. The summed E-state index contributed by atoms with van der Waals surface area (Å²) in [5.41, 5.74) is -0.595. The molecule has 0 spiro atoms. The van der Waals surface area contributed by atoms with E-state index in [9.17, 15) is 23.5 Å². The molecule has 4 heterocycles. The molecule has 1 N–H and O–H groups in total. The van der Waals surface area contributed by atoms with Crippen molar-refractivity contribution >= 4 is 17.2 Å². The van der Waals surface area contributed by atoms with Crippen molar-refractivity contribution in [3.05, 3.63) is 85.7 Å². The van der Waals surface area contributed by atoms with Gasteiger partial charge in [-0.3, -0.25) is 19.3 Å². The zero-order valence-corrected chi connectivity index (χ0v) is 18.2. The first-order chi connectivity index (χ1) is 15.9. The summed E-state index contributed by atoms with van der Waals surface area (Å²) in [4.78, 5) is 31.7. The van der Waals surface area contributed by atoms with E-state index in [4.69, 9.17) is 4.74 Å². The minimum absolute atomic E-state index is 0.0402. The molecule has 3 aromatic rings. The number of aromatic nitrogens is 2. The molecule has 0 saturated heterocycles. The van der Waals surface area contributed by atoms with Crippen LogP contribution >= 0.6 is 11.3 Å². The van der Waals surface area contributed by atoms with Crippen molar-refractivity contribution in [2.75, 3.05) is 24.8 Å². The Hall–Kier alpha value is -3.73. The Morgan fingerprint density at radius 2 is 2.03 bits per heavy atom. The second-order valence-electron chi connectivity index (χ2n) is 7.58. The highest BCUT2D eigenvalue weighted by atomic mass is 32.1. The third-order valence-corrected chi connectivity index (χ3v) is 6.50. The van der Waals surface area contributed by atoms with Crippen molar-refractivity contribution < 1.29 is 23.4 Å². The van der Waals surface area contributed by atoms with Crippen LogP contribution in [0.4, 0.5) is 8.78 Å². The Morgan fingerprint density at radius 3 is 2.79 bits per heavy atom. The van der Waals surface area contributed by atoms with E-state index in [0.29, 0.717) is 10.4 Å².